The van der Waals surface area contributed by atoms with Crippen LogP contribution in [0.2, 0.25) is 0 Å². The van der Waals surface area contributed by atoms with E-state index in [4.69, 9.17) is 5.73 Å². The first-order valence-electron chi connectivity index (χ1n) is 6.12. The van der Waals surface area contributed by atoms with E-state index in [0.717, 1.165) is 16.0 Å². The number of nitrogen functional groups attached to an aromatic ring is 1. The molecule has 3 N–H and O–H groups in total. The van der Waals surface area contributed by atoms with Gasteiger partial charge in [0.2, 0.25) is 0 Å². The van der Waals surface area contributed by atoms with E-state index in [1.807, 2.05) is 13.8 Å². The predicted molar refractivity (Wildman–Crippen MR) is 82.1 cm³/mol. The molecule has 2 aromatic rings. The number of hydrogen-bond acceptors (Lipinski definition) is 4. The average Bonchev–Trinajstić information content (AvgIpc) is 2.67. The molecule has 20 heavy (non-hydrogen) atoms. The molecule has 5 heteroatoms. The molecule has 0 spiro atoms. The number of nitrogens with zero attached hydrogens (tertiary/aromatic N) is 1. The molecule has 1 amide bonds. The van der Waals surface area contributed by atoms with Crippen LogP contribution in [0.1, 0.15) is 31.9 Å². The number of amides is 1. The minimum absolute atomic E-state index is 0.243. The number of nitrogens with two attached hydrogens (primary N) is 1. The molecule has 1 aromatic carbocycles. The lowest BCUT2D eigenvalue weighted by molar-refractivity contribution is 0.102. The van der Waals surface area contributed by atoms with Crippen molar-refractivity contribution < 1.29 is 4.79 Å². The zero-order chi connectivity index (χ0) is 14.9. The number of nitriles is 1. The van der Waals surface area contributed by atoms with Crippen LogP contribution in [0.4, 0.5) is 10.7 Å². The van der Waals surface area contributed by atoms with Crippen LogP contribution < -0.4 is 11.1 Å². The quantitative estimate of drug-likeness (QED) is 0.830. The minimum atomic E-state index is -0.243. The van der Waals surface area contributed by atoms with Crippen LogP contribution in [-0.4, -0.2) is 5.91 Å². The predicted octanol–water partition coefficient (Wildman–Crippen LogP) is 3.38. The van der Waals surface area contributed by atoms with E-state index in [1.165, 1.54) is 11.3 Å². The molecule has 102 valence electrons. The number of hydrogen-bond donors (Lipinski definition) is 2. The third-order valence-electron chi connectivity index (χ3n) is 3.34. The van der Waals surface area contributed by atoms with Gasteiger partial charge in [-0.15, -0.1) is 11.3 Å². The van der Waals surface area contributed by atoms with Crippen LogP contribution in [0, 0.1) is 32.1 Å². The molecule has 1 aromatic heterocycles. The first-order chi connectivity index (χ1) is 9.45. The van der Waals surface area contributed by atoms with Gasteiger partial charge < -0.3 is 11.1 Å². The second-order valence-electron chi connectivity index (χ2n) is 4.57. The molecule has 0 fully saturated rings. The van der Waals surface area contributed by atoms with Crippen LogP contribution in [0.5, 0.6) is 0 Å². The maximum absolute atomic E-state index is 12.3. The summed E-state index contributed by atoms with van der Waals surface area (Å²) < 4.78 is 0. The highest BCUT2D eigenvalue weighted by Gasteiger charge is 2.17. The number of carbonyl (C=O) groups excluding carboxylic acids is 1. The largest absolute Gasteiger partial charge is 0.398 e. The Morgan fingerprint density at radius 1 is 1.30 bits per heavy atom. The van der Waals surface area contributed by atoms with E-state index in [1.54, 1.807) is 25.1 Å². The van der Waals surface area contributed by atoms with E-state index >= 15 is 0 Å². The second-order valence-corrected chi connectivity index (χ2v) is 5.80. The van der Waals surface area contributed by atoms with Crippen molar-refractivity contribution in [1.82, 2.24) is 0 Å². The Kier molecular flexibility index (Phi) is 3.77. The van der Waals surface area contributed by atoms with Gasteiger partial charge in [0.15, 0.2) is 0 Å². The number of nitrogens with one attached hydrogen (secondary N) is 1. The fraction of sp³-hybridized carbons (Fsp3) is 0.200. The molecule has 4 nitrogen and oxygen atoms in total. The highest BCUT2D eigenvalue weighted by molar-refractivity contribution is 7.16. The molecular weight excluding hydrogens is 270 g/mol. The van der Waals surface area contributed by atoms with E-state index in [9.17, 15) is 10.1 Å². The van der Waals surface area contributed by atoms with Gasteiger partial charge >= 0.3 is 0 Å². The van der Waals surface area contributed by atoms with Crippen LogP contribution >= 0.6 is 11.3 Å². The Morgan fingerprint density at radius 2 is 2.00 bits per heavy atom. The average molecular weight is 285 g/mol. The van der Waals surface area contributed by atoms with E-state index < -0.39 is 0 Å². The Bertz CT molecular complexity index is 725. The van der Waals surface area contributed by atoms with Crippen LogP contribution in [0.3, 0.4) is 0 Å². The van der Waals surface area contributed by atoms with Crippen molar-refractivity contribution >= 4 is 27.9 Å². The molecule has 2 rings (SSSR count). The summed E-state index contributed by atoms with van der Waals surface area (Å²) in [6.45, 7) is 5.62. The van der Waals surface area contributed by atoms with Gasteiger partial charge in [-0.05, 0) is 44.0 Å². The lowest BCUT2D eigenvalue weighted by atomic mass is 10.1. The third-order valence-corrected chi connectivity index (χ3v) is 4.47. The molecule has 0 aliphatic carbocycles. The molecule has 0 saturated carbocycles. The molecule has 0 saturated heterocycles. The fourth-order valence-corrected chi connectivity index (χ4v) is 2.93. The summed E-state index contributed by atoms with van der Waals surface area (Å²) in [5.74, 6) is -0.243. The van der Waals surface area contributed by atoms with Gasteiger partial charge in [0.25, 0.3) is 5.91 Å². The Balaban J connectivity index is 2.36. The Labute approximate surface area is 121 Å². The van der Waals surface area contributed by atoms with Crippen molar-refractivity contribution in [1.29, 1.82) is 5.26 Å². The number of thiophene rings is 1. The lowest BCUT2D eigenvalue weighted by Gasteiger charge is -2.08. The number of rotatable bonds is 2. The summed E-state index contributed by atoms with van der Waals surface area (Å²) in [5.41, 5.74) is 9.10. The second kappa shape index (κ2) is 5.35. The first kappa shape index (κ1) is 14.1. The first-order valence-corrected chi connectivity index (χ1v) is 6.94. The molecule has 0 unspecified atom stereocenters. The van der Waals surface area contributed by atoms with E-state index in [2.05, 4.69) is 11.4 Å². The van der Waals surface area contributed by atoms with Gasteiger partial charge in [0.1, 0.15) is 11.1 Å². The molecule has 1 heterocycles. The number of anilines is 2. The molecule has 0 aliphatic heterocycles. The van der Waals surface area contributed by atoms with Gasteiger partial charge in [-0.25, -0.2) is 0 Å². The summed E-state index contributed by atoms with van der Waals surface area (Å²) in [6, 6.07) is 7.36. The summed E-state index contributed by atoms with van der Waals surface area (Å²) >= 11 is 1.41. The van der Waals surface area contributed by atoms with Crippen LogP contribution in [-0.2, 0) is 0 Å². The SMILES string of the molecule is Cc1sc(NC(=O)c2cccc(N)c2C)c(C#N)c1C. The van der Waals surface area contributed by atoms with Gasteiger partial charge in [0, 0.05) is 16.1 Å². The molecule has 0 bridgehead atoms. The normalized spacial score (nSPS) is 10.1. The van der Waals surface area contributed by atoms with Crippen molar-refractivity contribution in [2.75, 3.05) is 11.1 Å². The highest BCUT2D eigenvalue weighted by Crippen LogP contribution is 2.32. The van der Waals surface area contributed by atoms with Gasteiger partial charge in [-0.3, -0.25) is 4.79 Å². The molecular formula is C15H15N3OS. The smallest absolute Gasteiger partial charge is 0.256 e. The zero-order valence-corrected chi connectivity index (χ0v) is 12.4. The van der Waals surface area contributed by atoms with Crippen LogP contribution in [0.25, 0.3) is 0 Å². The number of aryl methyl sites for hydroxylation is 1. The van der Waals surface area contributed by atoms with Crippen molar-refractivity contribution in [3.8, 4) is 6.07 Å². The maximum atomic E-state index is 12.3. The standard InChI is InChI=1S/C15H15N3OS/c1-8-10(3)20-15(12(8)7-16)18-14(19)11-5-4-6-13(17)9(11)2/h4-6H,17H2,1-3H3,(H,18,19). The van der Waals surface area contributed by atoms with Crippen molar-refractivity contribution in [3.63, 3.8) is 0 Å². The number of benzene rings is 1. The molecule has 0 radical (unpaired) electrons. The monoisotopic (exact) mass is 285 g/mol. The maximum Gasteiger partial charge on any atom is 0.256 e. The summed E-state index contributed by atoms with van der Waals surface area (Å²) in [7, 11) is 0. The van der Waals surface area contributed by atoms with Crippen molar-refractivity contribution in [3.05, 3.63) is 45.3 Å². The summed E-state index contributed by atoms with van der Waals surface area (Å²) in [5, 5.41) is 12.6. The molecule has 0 atom stereocenters. The molecule has 0 aliphatic rings. The third kappa shape index (κ3) is 2.38. The topological polar surface area (TPSA) is 78.9 Å². The van der Waals surface area contributed by atoms with Crippen LogP contribution in [0.15, 0.2) is 18.2 Å². The van der Waals surface area contributed by atoms with Gasteiger partial charge in [-0.1, -0.05) is 6.07 Å². The lowest BCUT2D eigenvalue weighted by Crippen LogP contribution is -2.14. The summed E-state index contributed by atoms with van der Waals surface area (Å²) in [4.78, 5) is 13.3. The Morgan fingerprint density at radius 3 is 2.65 bits per heavy atom. The fourth-order valence-electron chi connectivity index (χ4n) is 1.92. The van der Waals surface area contributed by atoms with E-state index in [0.29, 0.717) is 21.8 Å². The number of carbonyl (C=O) groups is 1. The minimum Gasteiger partial charge on any atom is -0.398 e. The van der Waals surface area contributed by atoms with Crippen molar-refractivity contribution in [2.45, 2.75) is 20.8 Å². The van der Waals surface area contributed by atoms with E-state index in [-0.39, 0.29) is 5.91 Å². The van der Waals surface area contributed by atoms with Gasteiger partial charge in [-0.2, -0.15) is 5.26 Å². The zero-order valence-electron chi connectivity index (χ0n) is 11.6. The Hall–Kier alpha value is -2.32. The van der Waals surface area contributed by atoms with Gasteiger partial charge in [0.05, 0.1) is 5.56 Å². The summed E-state index contributed by atoms with van der Waals surface area (Å²) in [6.07, 6.45) is 0. The highest BCUT2D eigenvalue weighted by atomic mass is 32.1. The van der Waals surface area contributed by atoms with Crippen molar-refractivity contribution in [2.24, 2.45) is 0 Å².